The normalized spacial score (nSPS) is 23.1. The maximum atomic E-state index is 11.5. The number of carbonyl (C=O) groups excluding carboxylic acids is 1. The fraction of sp³-hybridized carbons (Fsp3) is 0.818. The minimum absolute atomic E-state index is 0.0575. The van der Waals surface area contributed by atoms with E-state index in [1.54, 1.807) is 6.92 Å². The second-order valence-electron chi connectivity index (χ2n) is 4.18. The number of ether oxygens (including phenoxy) is 2. The third-order valence-electron chi connectivity index (χ3n) is 2.65. The van der Waals surface area contributed by atoms with E-state index < -0.39 is 24.0 Å². The van der Waals surface area contributed by atoms with Gasteiger partial charge in [0.2, 0.25) is 5.91 Å². The van der Waals surface area contributed by atoms with Crippen LogP contribution in [0.3, 0.4) is 0 Å². The number of carboxylic acid groups (broad SMARTS) is 1. The summed E-state index contributed by atoms with van der Waals surface area (Å²) in [5.41, 5.74) is 0. The summed E-state index contributed by atoms with van der Waals surface area (Å²) in [6, 6.07) is -0.906. The highest BCUT2D eigenvalue weighted by Gasteiger charge is 2.22. The summed E-state index contributed by atoms with van der Waals surface area (Å²) in [6.45, 7) is 4.12. The Balaban J connectivity index is 2.23. The molecule has 2 N–H and O–H groups in total. The van der Waals surface area contributed by atoms with Crippen molar-refractivity contribution >= 4 is 11.9 Å². The zero-order valence-corrected chi connectivity index (χ0v) is 10.1. The van der Waals surface area contributed by atoms with Gasteiger partial charge in [-0.15, -0.1) is 0 Å². The van der Waals surface area contributed by atoms with E-state index in [2.05, 4.69) is 5.32 Å². The standard InChI is InChI=1S/C11H19NO5/c1-7(11(14)15)12-10(13)8(2)17-6-9-4-3-5-16-9/h7-9H,3-6H2,1-2H3,(H,12,13)(H,14,15)/t7-,8+,9-/m0/s1. The number of carbonyl (C=O) groups is 2. The van der Waals surface area contributed by atoms with Crippen LogP contribution in [-0.4, -0.2) is 48.4 Å². The van der Waals surface area contributed by atoms with E-state index in [0.717, 1.165) is 19.4 Å². The minimum Gasteiger partial charge on any atom is -0.480 e. The van der Waals surface area contributed by atoms with Gasteiger partial charge in [0.25, 0.3) is 0 Å². The van der Waals surface area contributed by atoms with Crippen molar-refractivity contribution < 1.29 is 24.2 Å². The first-order valence-electron chi connectivity index (χ1n) is 5.77. The Morgan fingerprint density at radius 1 is 1.53 bits per heavy atom. The number of hydrogen-bond donors (Lipinski definition) is 2. The maximum Gasteiger partial charge on any atom is 0.325 e. The van der Waals surface area contributed by atoms with Gasteiger partial charge in [-0.3, -0.25) is 9.59 Å². The number of aliphatic carboxylic acids is 1. The first-order valence-corrected chi connectivity index (χ1v) is 5.77. The summed E-state index contributed by atoms with van der Waals surface area (Å²) in [4.78, 5) is 22.1. The maximum absolute atomic E-state index is 11.5. The van der Waals surface area contributed by atoms with Crippen LogP contribution in [0.2, 0.25) is 0 Å². The quantitative estimate of drug-likeness (QED) is 0.696. The van der Waals surface area contributed by atoms with E-state index in [9.17, 15) is 9.59 Å². The summed E-state index contributed by atoms with van der Waals surface area (Å²) in [5, 5.41) is 11.0. The zero-order valence-electron chi connectivity index (χ0n) is 10.1. The fourth-order valence-corrected chi connectivity index (χ4v) is 1.50. The van der Waals surface area contributed by atoms with Crippen LogP contribution in [0.5, 0.6) is 0 Å². The Morgan fingerprint density at radius 2 is 2.24 bits per heavy atom. The molecular formula is C11H19NO5. The summed E-state index contributed by atoms with van der Waals surface area (Å²) in [6.07, 6.45) is 1.35. The Bertz CT molecular complexity index is 275. The van der Waals surface area contributed by atoms with Gasteiger partial charge in [-0.05, 0) is 26.7 Å². The molecule has 0 aliphatic carbocycles. The molecule has 1 aliphatic heterocycles. The van der Waals surface area contributed by atoms with Crippen molar-refractivity contribution in [1.29, 1.82) is 0 Å². The van der Waals surface area contributed by atoms with Crippen molar-refractivity contribution in [2.45, 2.75) is 44.9 Å². The molecule has 0 spiro atoms. The van der Waals surface area contributed by atoms with Gasteiger partial charge in [0.15, 0.2) is 0 Å². The molecule has 0 radical (unpaired) electrons. The molecule has 1 rings (SSSR count). The van der Waals surface area contributed by atoms with Crippen LogP contribution in [-0.2, 0) is 19.1 Å². The number of amides is 1. The van der Waals surface area contributed by atoms with Gasteiger partial charge in [-0.25, -0.2) is 0 Å². The fourth-order valence-electron chi connectivity index (χ4n) is 1.50. The molecule has 0 aromatic heterocycles. The monoisotopic (exact) mass is 245 g/mol. The predicted octanol–water partition coefficient (Wildman–Crippen LogP) is 0.160. The molecule has 3 atom stereocenters. The lowest BCUT2D eigenvalue weighted by molar-refractivity contribution is -0.144. The van der Waals surface area contributed by atoms with E-state index in [4.69, 9.17) is 14.6 Å². The SMILES string of the molecule is C[C@H](NC(=O)[C@@H](C)OC[C@@H]1CCCO1)C(=O)O. The molecule has 1 heterocycles. The molecule has 1 fully saturated rings. The Hall–Kier alpha value is -1.14. The molecule has 0 aromatic rings. The molecule has 0 saturated carbocycles. The van der Waals surface area contributed by atoms with E-state index >= 15 is 0 Å². The first-order chi connectivity index (χ1) is 8.00. The van der Waals surface area contributed by atoms with Gasteiger partial charge in [-0.2, -0.15) is 0 Å². The third-order valence-corrected chi connectivity index (χ3v) is 2.65. The molecule has 0 unspecified atom stereocenters. The number of hydrogen-bond acceptors (Lipinski definition) is 4. The molecule has 0 bridgehead atoms. The largest absolute Gasteiger partial charge is 0.480 e. The summed E-state index contributed by atoms with van der Waals surface area (Å²) < 4.78 is 10.7. The lowest BCUT2D eigenvalue weighted by Gasteiger charge is -2.17. The topological polar surface area (TPSA) is 84.9 Å². The molecule has 0 aromatic carbocycles. The van der Waals surface area contributed by atoms with Crippen molar-refractivity contribution in [3.05, 3.63) is 0 Å². The van der Waals surface area contributed by atoms with Crippen molar-refractivity contribution in [2.75, 3.05) is 13.2 Å². The zero-order chi connectivity index (χ0) is 12.8. The molecule has 1 saturated heterocycles. The second kappa shape index (κ2) is 6.56. The van der Waals surface area contributed by atoms with Gasteiger partial charge in [0.05, 0.1) is 12.7 Å². The average molecular weight is 245 g/mol. The summed E-state index contributed by atoms with van der Waals surface area (Å²) in [5.74, 6) is -1.48. The molecule has 1 amide bonds. The number of carboxylic acids is 1. The van der Waals surface area contributed by atoms with Gasteiger partial charge >= 0.3 is 5.97 Å². The van der Waals surface area contributed by atoms with Crippen LogP contribution in [0, 0.1) is 0 Å². The van der Waals surface area contributed by atoms with Crippen LogP contribution < -0.4 is 5.32 Å². The average Bonchev–Trinajstić information content (AvgIpc) is 2.78. The highest BCUT2D eigenvalue weighted by atomic mass is 16.5. The van der Waals surface area contributed by atoms with E-state index in [-0.39, 0.29) is 6.10 Å². The van der Waals surface area contributed by atoms with Gasteiger partial charge < -0.3 is 19.9 Å². The van der Waals surface area contributed by atoms with Crippen LogP contribution in [0.25, 0.3) is 0 Å². The van der Waals surface area contributed by atoms with Crippen molar-refractivity contribution in [2.24, 2.45) is 0 Å². The highest BCUT2D eigenvalue weighted by Crippen LogP contribution is 2.12. The molecule has 6 nitrogen and oxygen atoms in total. The predicted molar refractivity (Wildman–Crippen MR) is 59.6 cm³/mol. The van der Waals surface area contributed by atoms with Crippen molar-refractivity contribution in [3.8, 4) is 0 Å². The van der Waals surface area contributed by atoms with Gasteiger partial charge in [0, 0.05) is 6.61 Å². The molecule has 1 aliphatic rings. The van der Waals surface area contributed by atoms with Gasteiger partial charge in [-0.1, -0.05) is 0 Å². The second-order valence-corrected chi connectivity index (χ2v) is 4.18. The lowest BCUT2D eigenvalue weighted by Crippen LogP contribution is -2.44. The van der Waals surface area contributed by atoms with Crippen LogP contribution in [0.1, 0.15) is 26.7 Å². The summed E-state index contributed by atoms with van der Waals surface area (Å²) >= 11 is 0. The third kappa shape index (κ3) is 4.70. The van der Waals surface area contributed by atoms with Crippen molar-refractivity contribution in [1.82, 2.24) is 5.32 Å². The lowest BCUT2D eigenvalue weighted by atomic mass is 10.2. The van der Waals surface area contributed by atoms with Crippen LogP contribution in [0.4, 0.5) is 0 Å². The van der Waals surface area contributed by atoms with E-state index in [1.165, 1.54) is 6.92 Å². The molecular weight excluding hydrogens is 226 g/mol. The minimum atomic E-state index is -1.07. The number of rotatable bonds is 6. The van der Waals surface area contributed by atoms with Crippen LogP contribution in [0.15, 0.2) is 0 Å². The molecule has 17 heavy (non-hydrogen) atoms. The Labute approximate surface area is 100 Å². The van der Waals surface area contributed by atoms with Crippen molar-refractivity contribution in [3.63, 3.8) is 0 Å². The number of nitrogens with one attached hydrogen (secondary N) is 1. The van der Waals surface area contributed by atoms with E-state index in [1.807, 2.05) is 0 Å². The first kappa shape index (κ1) is 13.9. The smallest absolute Gasteiger partial charge is 0.325 e. The highest BCUT2D eigenvalue weighted by molar-refractivity contribution is 5.85. The van der Waals surface area contributed by atoms with Crippen LogP contribution >= 0.6 is 0 Å². The molecule has 98 valence electrons. The Morgan fingerprint density at radius 3 is 2.76 bits per heavy atom. The Kier molecular flexibility index (Phi) is 5.37. The van der Waals surface area contributed by atoms with Gasteiger partial charge in [0.1, 0.15) is 12.1 Å². The molecule has 6 heteroatoms. The summed E-state index contributed by atoms with van der Waals surface area (Å²) in [7, 11) is 0. The van der Waals surface area contributed by atoms with E-state index in [0.29, 0.717) is 6.61 Å².